The molecule has 0 fully saturated rings. The van der Waals surface area contributed by atoms with Gasteiger partial charge >= 0.3 is 0 Å². The van der Waals surface area contributed by atoms with Gasteiger partial charge in [0.15, 0.2) is 5.16 Å². The van der Waals surface area contributed by atoms with E-state index in [0.717, 1.165) is 21.9 Å². The van der Waals surface area contributed by atoms with Gasteiger partial charge in [0.25, 0.3) is 0 Å². The lowest BCUT2D eigenvalue weighted by atomic mass is 10.3. The largest absolute Gasteiger partial charge is 0.494 e. The van der Waals surface area contributed by atoms with E-state index in [1.165, 1.54) is 11.8 Å². The van der Waals surface area contributed by atoms with Crippen molar-refractivity contribution in [1.82, 2.24) is 20.2 Å². The van der Waals surface area contributed by atoms with E-state index in [1.807, 2.05) is 25.1 Å². The molecule has 1 N–H and O–H groups in total. The highest BCUT2D eigenvalue weighted by molar-refractivity contribution is 7.98. The number of nitrogens with zero attached hydrogens (tertiary/aromatic N) is 3. The van der Waals surface area contributed by atoms with Crippen LogP contribution in [0.4, 0.5) is 0 Å². The van der Waals surface area contributed by atoms with Crippen LogP contribution in [0.5, 0.6) is 5.75 Å². The summed E-state index contributed by atoms with van der Waals surface area (Å²) in [7, 11) is 0. The Morgan fingerprint density at radius 2 is 2.25 bits per heavy atom. The molecule has 20 heavy (non-hydrogen) atoms. The molecule has 0 amide bonds. The van der Waals surface area contributed by atoms with Gasteiger partial charge in [-0.15, -0.1) is 10.2 Å². The van der Waals surface area contributed by atoms with Crippen molar-refractivity contribution in [3.05, 3.63) is 30.0 Å². The number of hydrogen-bond donors (Lipinski definition) is 1. The number of hydrogen-bond acceptors (Lipinski definition) is 6. The van der Waals surface area contributed by atoms with E-state index in [2.05, 4.69) is 20.2 Å². The molecule has 104 valence electrons. The number of imidazole rings is 1. The third-order valence-corrected chi connectivity index (χ3v) is 3.50. The summed E-state index contributed by atoms with van der Waals surface area (Å²) in [4.78, 5) is 7.75. The summed E-state index contributed by atoms with van der Waals surface area (Å²) in [5.74, 6) is 2.61. The maximum absolute atomic E-state index is 5.47. The average molecular weight is 290 g/mol. The number of nitrogens with one attached hydrogen (secondary N) is 1. The van der Waals surface area contributed by atoms with Gasteiger partial charge in [0, 0.05) is 13.0 Å². The Kier molecular flexibility index (Phi) is 3.60. The topological polar surface area (TPSA) is 76.8 Å². The van der Waals surface area contributed by atoms with Crippen molar-refractivity contribution >= 4 is 22.8 Å². The number of fused-ring (bicyclic) bond motifs is 1. The number of aromatic nitrogens is 4. The minimum atomic E-state index is 0.576. The second kappa shape index (κ2) is 5.54. The van der Waals surface area contributed by atoms with Crippen molar-refractivity contribution in [2.75, 3.05) is 6.61 Å². The Hall–Kier alpha value is -2.02. The number of rotatable bonds is 5. The van der Waals surface area contributed by atoms with Crippen molar-refractivity contribution in [3.63, 3.8) is 0 Å². The molecule has 0 atom stereocenters. The van der Waals surface area contributed by atoms with Crippen LogP contribution in [-0.2, 0) is 5.75 Å². The zero-order valence-electron chi connectivity index (χ0n) is 11.2. The van der Waals surface area contributed by atoms with Crippen molar-refractivity contribution in [2.45, 2.75) is 24.8 Å². The summed E-state index contributed by atoms with van der Waals surface area (Å²) in [6.45, 7) is 4.39. The van der Waals surface area contributed by atoms with Gasteiger partial charge in [0.2, 0.25) is 11.8 Å². The lowest BCUT2D eigenvalue weighted by Crippen LogP contribution is -1.90. The Morgan fingerprint density at radius 3 is 3.00 bits per heavy atom. The summed E-state index contributed by atoms with van der Waals surface area (Å²) in [5, 5.41) is 8.57. The van der Waals surface area contributed by atoms with Crippen LogP contribution < -0.4 is 4.74 Å². The van der Waals surface area contributed by atoms with Crippen LogP contribution in [0.25, 0.3) is 11.0 Å². The van der Waals surface area contributed by atoms with Crippen molar-refractivity contribution in [2.24, 2.45) is 0 Å². The van der Waals surface area contributed by atoms with Gasteiger partial charge in [-0.05, 0) is 19.1 Å². The lowest BCUT2D eigenvalue weighted by Gasteiger charge is -2.00. The minimum absolute atomic E-state index is 0.576. The Labute approximate surface area is 119 Å². The Morgan fingerprint density at radius 1 is 1.35 bits per heavy atom. The maximum atomic E-state index is 5.47. The molecule has 2 aromatic heterocycles. The smallest absolute Gasteiger partial charge is 0.226 e. The van der Waals surface area contributed by atoms with E-state index < -0.39 is 0 Å². The van der Waals surface area contributed by atoms with E-state index >= 15 is 0 Å². The summed E-state index contributed by atoms with van der Waals surface area (Å²) in [6, 6.07) is 5.81. The van der Waals surface area contributed by atoms with Gasteiger partial charge in [-0.3, -0.25) is 0 Å². The highest BCUT2D eigenvalue weighted by Gasteiger charge is 2.08. The number of benzene rings is 1. The molecule has 3 aromatic rings. The fourth-order valence-electron chi connectivity index (χ4n) is 1.82. The van der Waals surface area contributed by atoms with Crippen LogP contribution >= 0.6 is 11.8 Å². The quantitative estimate of drug-likeness (QED) is 0.728. The van der Waals surface area contributed by atoms with Crippen LogP contribution in [0, 0.1) is 6.92 Å². The van der Waals surface area contributed by atoms with Crippen molar-refractivity contribution < 1.29 is 9.15 Å². The average Bonchev–Trinajstić information content (AvgIpc) is 3.02. The number of thioether (sulfide) groups is 1. The van der Waals surface area contributed by atoms with Crippen LogP contribution in [0.3, 0.4) is 0 Å². The number of aryl methyl sites for hydroxylation is 1. The first-order valence-corrected chi connectivity index (χ1v) is 7.27. The van der Waals surface area contributed by atoms with Crippen LogP contribution in [0.2, 0.25) is 0 Å². The van der Waals surface area contributed by atoms with Gasteiger partial charge in [-0.25, -0.2) is 4.98 Å². The molecule has 0 radical (unpaired) electrons. The minimum Gasteiger partial charge on any atom is -0.494 e. The second-order valence-corrected chi connectivity index (χ2v) is 5.12. The van der Waals surface area contributed by atoms with E-state index in [9.17, 15) is 0 Å². The SMILES string of the molecule is CCOc1ccc2nc(SCc3nnc(C)o3)[nH]c2c1. The summed E-state index contributed by atoms with van der Waals surface area (Å²) >= 11 is 1.53. The van der Waals surface area contributed by atoms with Gasteiger partial charge in [-0.2, -0.15) is 0 Å². The molecular weight excluding hydrogens is 276 g/mol. The zero-order valence-corrected chi connectivity index (χ0v) is 12.0. The summed E-state index contributed by atoms with van der Waals surface area (Å²) < 4.78 is 10.8. The molecule has 7 heteroatoms. The third kappa shape index (κ3) is 2.77. The lowest BCUT2D eigenvalue weighted by molar-refractivity contribution is 0.340. The Bertz CT molecular complexity index is 722. The van der Waals surface area contributed by atoms with Gasteiger partial charge < -0.3 is 14.1 Å². The van der Waals surface area contributed by atoms with Gasteiger partial charge in [0.1, 0.15) is 5.75 Å². The predicted octanol–water partition coefficient (Wildman–Crippen LogP) is 2.95. The van der Waals surface area contributed by atoms with E-state index in [4.69, 9.17) is 9.15 Å². The first-order valence-electron chi connectivity index (χ1n) is 6.29. The molecule has 2 heterocycles. The third-order valence-electron chi connectivity index (χ3n) is 2.64. The molecular formula is C13H14N4O2S. The fraction of sp³-hybridized carbons (Fsp3) is 0.308. The highest BCUT2D eigenvalue weighted by Crippen LogP contribution is 2.25. The molecule has 0 saturated carbocycles. The monoisotopic (exact) mass is 290 g/mol. The van der Waals surface area contributed by atoms with E-state index in [1.54, 1.807) is 6.92 Å². The van der Waals surface area contributed by atoms with Crippen LogP contribution in [0.15, 0.2) is 27.8 Å². The molecule has 1 aromatic carbocycles. The van der Waals surface area contributed by atoms with E-state index in [0.29, 0.717) is 24.1 Å². The molecule has 0 unspecified atom stereocenters. The highest BCUT2D eigenvalue weighted by atomic mass is 32.2. The molecule has 0 aliphatic carbocycles. The van der Waals surface area contributed by atoms with Gasteiger partial charge in [-0.1, -0.05) is 11.8 Å². The predicted molar refractivity (Wildman–Crippen MR) is 75.9 cm³/mol. The first-order chi connectivity index (χ1) is 9.74. The number of H-pyrrole nitrogens is 1. The fourth-order valence-corrected chi connectivity index (χ4v) is 2.54. The second-order valence-electron chi connectivity index (χ2n) is 4.16. The van der Waals surface area contributed by atoms with Crippen molar-refractivity contribution in [3.8, 4) is 5.75 Å². The van der Waals surface area contributed by atoms with E-state index in [-0.39, 0.29) is 0 Å². The van der Waals surface area contributed by atoms with Gasteiger partial charge in [0.05, 0.1) is 23.4 Å². The zero-order chi connectivity index (χ0) is 13.9. The molecule has 3 rings (SSSR count). The van der Waals surface area contributed by atoms with Crippen LogP contribution in [0.1, 0.15) is 18.7 Å². The van der Waals surface area contributed by atoms with Crippen LogP contribution in [-0.4, -0.2) is 26.8 Å². The summed E-state index contributed by atoms with van der Waals surface area (Å²) in [5.41, 5.74) is 1.87. The maximum Gasteiger partial charge on any atom is 0.226 e. The molecule has 0 bridgehead atoms. The molecule has 0 aliphatic rings. The van der Waals surface area contributed by atoms with Crippen molar-refractivity contribution in [1.29, 1.82) is 0 Å². The standard InChI is InChI=1S/C13H14N4O2S/c1-3-18-9-4-5-10-11(6-9)15-13(14-10)20-7-12-17-16-8(2)19-12/h4-6H,3,7H2,1-2H3,(H,14,15). The molecule has 6 nitrogen and oxygen atoms in total. The normalized spacial score (nSPS) is 11.1. The first kappa shape index (κ1) is 13.0. The molecule has 0 spiro atoms. The Balaban J connectivity index is 1.75. The summed E-state index contributed by atoms with van der Waals surface area (Å²) in [6.07, 6.45) is 0. The number of aromatic amines is 1. The molecule has 0 saturated heterocycles. The molecule has 0 aliphatic heterocycles. The number of ether oxygens (including phenoxy) is 1.